The molecule has 1 aromatic heterocycles. The molecule has 0 atom stereocenters. The minimum Gasteiger partial charge on any atom is -0.396 e. The number of carbonyl (C=O) groups excluding carboxylic acids is 1. The molecule has 0 radical (unpaired) electrons. The summed E-state index contributed by atoms with van der Waals surface area (Å²) in [6, 6.07) is 4.90. The monoisotopic (exact) mass is 247 g/mol. The van der Waals surface area contributed by atoms with Crippen LogP contribution < -0.4 is 10.6 Å². The van der Waals surface area contributed by atoms with Crippen LogP contribution in [0.1, 0.15) is 12.8 Å². The van der Waals surface area contributed by atoms with Gasteiger partial charge in [0.2, 0.25) is 0 Å². The third-order valence-electron chi connectivity index (χ3n) is 3.32. The maximum Gasteiger partial charge on any atom is 0.152 e. The van der Waals surface area contributed by atoms with Gasteiger partial charge in [0.15, 0.2) is 5.78 Å². The molecule has 1 aliphatic rings. The van der Waals surface area contributed by atoms with Gasteiger partial charge in [-0.1, -0.05) is 0 Å². The standard InChI is InChI=1S/C13H14FN3O/c14-10-6-12-8(4-11(10)15)5-13(16-12)17-3-1-2-9(18)7-17/h4-6,16H,1-3,7,15H2. The van der Waals surface area contributed by atoms with Crippen molar-refractivity contribution < 1.29 is 9.18 Å². The lowest BCUT2D eigenvalue weighted by atomic mass is 10.1. The van der Waals surface area contributed by atoms with Gasteiger partial charge >= 0.3 is 0 Å². The molecule has 0 aliphatic carbocycles. The van der Waals surface area contributed by atoms with Crippen molar-refractivity contribution in [1.82, 2.24) is 4.98 Å². The van der Waals surface area contributed by atoms with E-state index in [4.69, 9.17) is 5.73 Å². The number of aromatic amines is 1. The van der Waals surface area contributed by atoms with E-state index in [9.17, 15) is 9.18 Å². The number of nitrogens with two attached hydrogens (primary N) is 1. The van der Waals surface area contributed by atoms with E-state index in [0.717, 1.165) is 24.2 Å². The molecule has 94 valence electrons. The van der Waals surface area contributed by atoms with E-state index in [0.29, 0.717) is 18.5 Å². The number of hydrogen-bond donors (Lipinski definition) is 2. The molecule has 2 aromatic rings. The molecule has 2 heterocycles. The molecule has 0 saturated carbocycles. The smallest absolute Gasteiger partial charge is 0.152 e. The van der Waals surface area contributed by atoms with Gasteiger partial charge in [0.25, 0.3) is 0 Å². The van der Waals surface area contributed by atoms with Crippen LogP contribution in [0.5, 0.6) is 0 Å². The second-order valence-corrected chi connectivity index (χ2v) is 4.68. The van der Waals surface area contributed by atoms with Crippen molar-refractivity contribution in [2.24, 2.45) is 0 Å². The number of piperidine rings is 1. The normalized spacial score (nSPS) is 16.5. The molecule has 3 rings (SSSR count). The minimum absolute atomic E-state index is 0.141. The number of halogens is 1. The number of rotatable bonds is 1. The summed E-state index contributed by atoms with van der Waals surface area (Å²) < 4.78 is 13.3. The molecular weight excluding hydrogens is 233 g/mol. The molecule has 1 aromatic carbocycles. The van der Waals surface area contributed by atoms with Gasteiger partial charge in [-0.3, -0.25) is 4.79 Å². The SMILES string of the molecule is Nc1cc2cc(N3CCCC(=O)C3)[nH]c2cc1F. The summed E-state index contributed by atoms with van der Waals surface area (Å²) in [6.45, 7) is 1.27. The molecule has 3 N–H and O–H groups in total. The van der Waals surface area contributed by atoms with Crippen LogP contribution in [-0.4, -0.2) is 23.9 Å². The topological polar surface area (TPSA) is 62.1 Å². The van der Waals surface area contributed by atoms with Crippen molar-refractivity contribution in [1.29, 1.82) is 0 Å². The van der Waals surface area contributed by atoms with Crippen molar-refractivity contribution in [3.05, 3.63) is 24.0 Å². The van der Waals surface area contributed by atoms with Crippen LogP contribution >= 0.6 is 0 Å². The number of ketones is 1. The minimum atomic E-state index is -0.425. The van der Waals surface area contributed by atoms with Crippen LogP contribution in [0.25, 0.3) is 10.9 Å². The van der Waals surface area contributed by atoms with Gasteiger partial charge in [-0.15, -0.1) is 0 Å². The Labute approximate surface area is 104 Å². The van der Waals surface area contributed by atoms with E-state index in [-0.39, 0.29) is 11.5 Å². The summed E-state index contributed by atoms with van der Waals surface area (Å²) in [5, 5.41) is 0.863. The van der Waals surface area contributed by atoms with Crippen LogP contribution in [0.15, 0.2) is 18.2 Å². The Morgan fingerprint density at radius 3 is 2.94 bits per heavy atom. The highest BCUT2D eigenvalue weighted by Gasteiger charge is 2.18. The van der Waals surface area contributed by atoms with Gasteiger partial charge in [0, 0.05) is 24.4 Å². The molecule has 18 heavy (non-hydrogen) atoms. The zero-order valence-corrected chi connectivity index (χ0v) is 9.87. The molecule has 4 nitrogen and oxygen atoms in total. The Balaban J connectivity index is 2.00. The number of nitrogen functional groups attached to an aromatic ring is 1. The molecule has 0 spiro atoms. The fourth-order valence-corrected chi connectivity index (χ4v) is 2.37. The third-order valence-corrected chi connectivity index (χ3v) is 3.32. The maximum atomic E-state index is 13.3. The van der Waals surface area contributed by atoms with E-state index < -0.39 is 5.82 Å². The summed E-state index contributed by atoms with van der Waals surface area (Å²) >= 11 is 0. The fourth-order valence-electron chi connectivity index (χ4n) is 2.37. The highest BCUT2D eigenvalue weighted by atomic mass is 19.1. The number of carbonyl (C=O) groups is 1. The van der Waals surface area contributed by atoms with Crippen molar-refractivity contribution in [2.75, 3.05) is 23.7 Å². The van der Waals surface area contributed by atoms with E-state index in [1.54, 1.807) is 6.07 Å². The van der Waals surface area contributed by atoms with E-state index in [2.05, 4.69) is 4.98 Å². The van der Waals surface area contributed by atoms with Crippen LogP contribution in [0.2, 0.25) is 0 Å². The average molecular weight is 247 g/mol. The van der Waals surface area contributed by atoms with Gasteiger partial charge in [-0.25, -0.2) is 4.39 Å². The number of Topliss-reactive ketones (excluding diaryl/α,β-unsaturated/α-hetero) is 1. The van der Waals surface area contributed by atoms with Crippen molar-refractivity contribution in [2.45, 2.75) is 12.8 Å². The molecular formula is C13H14FN3O. The number of aromatic nitrogens is 1. The average Bonchev–Trinajstić information content (AvgIpc) is 2.73. The maximum absolute atomic E-state index is 13.3. The Morgan fingerprint density at radius 1 is 1.33 bits per heavy atom. The Kier molecular flexibility index (Phi) is 2.47. The van der Waals surface area contributed by atoms with Crippen LogP contribution in [0, 0.1) is 5.82 Å². The van der Waals surface area contributed by atoms with Crippen LogP contribution in [0.4, 0.5) is 15.9 Å². The van der Waals surface area contributed by atoms with Gasteiger partial charge in [-0.2, -0.15) is 0 Å². The summed E-state index contributed by atoms with van der Waals surface area (Å²) in [4.78, 5) is 16.6. The first-order chi connectivity index (χ1) is 8.63. The first kappa shape index (κ1) is 11.1. The number of benzene rings is 1. The van der Waals surface area contributed by atoms with E-state index in [1.165, 1.54) is 6.07 Å². The molecule has 0 unspecified atom stereocenters. The number of anilines is 2. The first-order valence-electron chi connectivity index (χ1n) is 5.98. The van der Waals surface area contributed by atoms with Gasteiger partial charge in [0.05, 0.1) is 17.7 Å². The summed E-state index contributed by atoms with van der Waals surface area (Å²) in [7, 11) is 0. The lowest BCUT2D eigenvalue weighted by molar-refractivity contribution is -0.118. The fraction of sp³-hybridized carbons (Fsp3) is 0.308. The summed E-state index contributed by atoms with van der Waals surface area (Å²) in [5.41, 5.74) is 6.38. The van der Waals surface area contributed by atoms with Crippen molar-refractivity contribution in [3.8, 4) is 0 Å². The van der Waals surface area contributed by atoms with Gasteiger partial charge in [-0.05, 0) is 18.6 Å². The second-order valence-electron chi connectivity index (χ2n) is 4.68. The lowest BCUT2D eigenvalue weighted by Crippen LogP contribution is -2.35. The number of nitrogens with zero attached hydrogens (tertiary/aromatic N) is 1. The Morgan fingerprint density at radius 2 is 2.17 bits per heavy atom. The number of hydrogen-bond acceptors (Lipinski definition) is 3. The van der Waals surface area contributed by atoms with Gasteiger partial charge in [0.1, 0.15) is 11.6 Å². The van der Waals surface area contributed by atoms with Crippen molar-refractivity contribution >= 4 is 28.2 Å². The van der Waals surface area contributed by atoms with Gasteiger partial charge < -0.3 is 15.6 Å². The molecule has 1 fully saturated rings. The largest absolute Gasteiger partial charge is 0.396 e. The predicted molar refractivity (Wildman–Crippen MR) is 69.1 cm³/mol. The predicted octanol–water partition coefficient (Wildman–Crippen LogP) is 2.06. The number of nitrogens with one attached hydrogen (secondary N) is 1. The quantitative estimate of drug-likeness (QED) is 0.758. The highest BCUT2D eigenvalue weighted by Crippen LogP contribution is 2.26. The molecule has 1 saturated heterocycles. The van der Waals surface area contributed by atoms with E-state index in [1.807, 2.05) is 11.0 Å². The second kappa shape index (κ2) is 4.01. The highest BCUT2D eigenvalue weighted by molar-refractivity contribution is 5.89. The van der Waals surface area contributed by atoms with E-state index >= 15 is 0 Å². The summed E-state index contributed by atoms with van der Waals surface area (Å²) in [6.07, 6.45) is 1.52. The van der Waals surface area contributed by atoms with Crippen LogP contribution in [-0.2, 0) is 4.79 Å². The Bertz CT molecular complexity index is 581. The van der Waals surface area contributed by atoms with Crippen molar-refractivity contribution in [3.63, 3.8) is 0 Å². The number of fused-ring (bicyclic) bond motifs is 1. The molecule has 0 bridgehead atoms. The molecule has 5 heteroatoms. The summed E-state index contributed by atoms with van der Waals surface area (Å²) in [5.74, 6) is 0.666. The number of H-pyrrole nitrogens is 1. The lowest BCUT2D eigenvalue weighted by Gasteiger charge is -2.26. The zero-order valence-electron chi connectivity index (χ0n) is 9.87. The molecule has 0 amide bonds. The Hall–Kier alpha value is -2.04. The third kappa shape index (κ3) is 1.81. The first-order valence-corrected chi connectivity index (χ1v) is 5.98. The zero-order chi connectivity index (χ0) is 12.7. The molecule has 1 aliphatic heterocycles. The van der Waals surface area contributed by atoms with Crippen LogP contribution in [0.3, 0.4) is 0 Å².